The average Bonchev–Trinajstić information content (AvgIpc) is 3.03. The number of hydrogen-bond acceptors (Lipinski definition) is 3. The summed E-state index contributed by atoms with van der Waals surface area (Å²) >= 11 is 0. The van der Waals surface area contributed by atoms with Gasteiger partial charge in [0.15, 0.2) is 0 Å². The number of carbonyl (C=O) groups is 2. The molecule has 0 spiro atoms. The highest BCUT2D eigenvalue weighted by Gasteiger charge is 2.36. The van der Waals surface area contributed by atoms with Crippen molar-refractivity contribution in [2.45, 2.75) is 51.9 Å². The summed E-state index contributed by atoms with van der Waals surface area (Å²) in [6.07, 6.45) is 0.360. The molecule has 1 atom stereocenters. The first-order chi connectivity index (χ1) is 10.8. The molecule has 2 aliphatic heterocycles. The second-order valence-corrected chi connectivity index (χ2v) is 7.26. The lowest BCUT2D eigenvalue weighted by Gasteiger charge is -2.32. The number of fused-ring (bicyclic) bond motifs is 1. The Morgan fingerprint density at radius 3 is 2.70 bits per heavy atom. The maximum absolute atomic E-state index is 12.2. The van der Waals surface area contributed by atoms with Crippen molar-refractivity contribution in [1.29, 1.82) is 0 Å². The minimum atomic E-state index is -0.260. The van der Waals surface area contributed by atoms with Crippen molar-refractivity contribution < 1.29 is 9.59 Å². The Morgan fingerprint density at radius 2 is 2.00 bits per heavy atom. The number of urea groups is 1. The molecular weight excluding hydrogens is 292 g/mol. The van der Waals surface area contributed by atoms with Crippen molar-refractivity contribution in [2.75, 3.05) is 11.9 Å². The van der Waals surface area contributed by atoms with Gasteiger partial charge in [-0.2, -0.15) is 0 Å². The van der Waals surface area contributed by atoms with Gasteiger partial charge in [0.25, 0.3) is 0 Å². The Bertz CT molecular complexity index is 636. The van der Waals surface area contributed by atoms with Gasteiger partial charge in [-0.25, -0.2) is 4.79 Å². The Labute approximate surface area is 136 Å². The summed E-state index contributed by atoms with van der Waals surface area (Å²) in [6.45, 7) is 8.30. The number of amides is 3. The molecule has 0 bridgehead atoms. The van der Waals surface area contributed by atoms with Crippen molar-refractivity contribution in [3.63, 3.8) is 0 Å². The summed E-state index contributed by atoms with van der Waals surface area (Å²) in [4.78, 5) is 26.0. The molecule has 0 aromatic heterocycles. The van der Waals surface area contributed by atoms with Gasteiger partial charge in [0, 0.05) is 37.3 Å². The number of rotatable bonds is 2. The molecule has 3 rings (SSSR count). The zero-order valence-corrected chi connectivity index (χ0v) is 13.9. The number of nitrogens with zero attached hydrogens (tertiary/aromatic N) is 1. The van der Waals surface area contributed by atoms with E-state index in [9.17, 15) is 9.59 Å². The summed E-state index contributed by atoms with van der Waals surface area (Å²) in [5, 5.41) is 9.04. The Kier molecular flexibility index (Phi) is 4.02. The fraction of sp³-hybridized carbons (Fsp3) is 0.529. The Balaban J connectivity index is 1.57. The van der Waals surface area contributed by atoms with Crippen LogP contribution >= 0.6 is 0 Å². The normalized spacial score (nSPS) is 20.6. The second-order valence-electron chi connectivity index (χ2n) is 7.26. The molecular formula is C17H24N4O2. The molecule has 1 fully saturated rings. The van der Waals surface area contributed by atoms with Crippen LogP contribution in [0.2, 0.25) is 0 Å². The van der Waals surface area contributed by atoms with Crippen molar-refractivity contribution in [3.8, 4) is 0 Å². The first-order valence-corrected chi connectivity index (χ1v) is 8.03. The lowest BCUT2D eigenvalue weighted by Crippen LogP contribution is -2.45. The molecule has 2 aliphatic rings. The number of anilines is 1. The molecule has 0 aliphatic carbocycles. The van der Waals surface area contributed by atoms with Gasteiger partial charge in [0.2, 0.25) is 5.91 Å². The van der Waals surface area contributed by atoms with Crippen LogP contribution in [0.25, 0.3) is 0 Å². The van der Waals surface area contributed by atoms with E-state index in [-0.39, 0.29) is 23.5 Å². The summed E-state index contributed by atoms with van der Waals surface area (Å²) in [6, 6.07) is 5.54. The van der Waals surface area contributed by atoms with E-state index in [0.29, 0.717) is 13.0 Å². The number of likely N-dealkylation sites (tertiary alicyclic amines) is 1. The van der Waals surface area contributed by atoms with Gasteiger partial charge in [0.05, 0.1) is 6.04 Å². The van der Waals surface area contributed by atoms with Gasteiger partial charge < -0.3 is 20.9 Å². The first kappa shape index (κ1) is 15.8. The highest BCUT2D eigenvalue weighted by molar-refractivity contribution is 5.90. The molecule has 1 unspecified atom stereocenters. The predicted molar refractivity (Wildman–Crippen MR) is 89.0 cm³/mol. The summed E-state index contributed by atoms with van der Waals surface area (Å²) in [5.74, 6) is 0.0893. The second kappa shape index (κ2) is 5.85. The van der Waals surface area contributed by atoms with E-state index in [1.807, 2.05) is 43.9 Å². The van der Waals surface area contributed by atoms with Crippen molar-refractivity contribution in [3.05, 3.63) is 29.3 Å². The Hall–Kier alpha value is -2.08. The molecule has 1 aromatic carbocycles. The van der Waals surface area contributed by atoms with E-state index >= 15 is 0 Å². The third kappa shape index (κ3) is 3.47. The van der Waals surface area contributed by atoms with Crippen LogP contribution in [0.5, 0.6) is 0 Å². The zero-order chi connectivity index (χ0) is 16.6. The predicted octanol–water partition coefficient (Wildman–Crippen LogP) is 1.81. The highest BCUT2D eigenvalue weighted by Crippen LogP contribution is 2.22. The molecule has 124 valence electrons. The van der Waals surface area contributed by atoms with E-state index in [1.54, 1.807) is 0 Å². The van der Waals surface area contributed by atoms with Crippen LogP contribution in [0.1, 0.15) is 38.3 Å². The highest BCUT2D eigenvalue weighted by atomic mass is 16.2. The van der Waals surface area contributed by atoms with Gasteiger partial charge in [-0.3, -0.25) is 4.79 Å². The van der Waals surface area contributed by atoms with Gasteiger partial charge in [0.1, 0.15) is 0 Å². The van der Waals surface area contributed by atoms with Crippen LogP contribution in [-0.4, -0.2) is 35.0 Å². The molecule has 3 N–H and O–H groups in total. The average molecular weight is 316 g/mol. The number of nitrogens with one attached hydrogen (secondary N) is 3. The zero-order valence-electron chi connectivity index (χ0n) is 13.9. The van der Waals surface area contributed by atoms with Crippen LogP contribution in [0.15, 0.2) is 18.2 Å². The van der Waals surface area contributed by atoms with Gasteiger partial charge >= 0.3 is 6.03 Å². The molecule has 6 nitrogen and oxygen atoms in total. The monoisotopic (exact) mass is 316 g/mol. The van der Waals surface area contributed by atoms with Crippen molar-refractivity contribution in [2.24, 2.45) is 0 Å². The fourth-order valence-electron chi connectivity index (χ4n) is 3.18. The SMILES string of the molecule is CC(C)(C)N1CC(NC(=O)Nc2ccc3c(c2)CNC3)CC1=O. The van der Waals surface area contributed by atoms with E-state index in [2.05, 4.69) is 16.0 Å². The van der Waals surface area contributed by atoms with Crippen molar-refractivity contribution in [1.82, 2.24) is 15.5 Å². The van der Waals surface area contributed by atoms with Crippen LogP contribution < -0.4 is 16.0 Å². The lowest BCUT2D eigenvalue weighted by atomic mass is 10.1. The number of benzene rings is 1. The summed E-state index contributed by atoms with van der Waals surface area (Å²) in [5.41, 5.74) is 3.06. The van der Waals surface area contributed by atoms with Gasteiger partial charge in [-0.1, -0.05) is 6.07 Å². The van der Waals surface area contributed by atoms with Gasteiger partial charge in [-0.15, -0.1) is 0 Å². The van der Waals surface area contributed by atoms with E-state index in [4.69, 9.17) is 0 Å². The van der Waals surface area contributed by atoms with Gasteiger partial charge in [-0.05, 0) is 44.0 Å². The molecule has 0 radical (unpaired) electrons. The molecule has 3 amide bonds. The quantitative estimate of drug-likeness (QED) is 0.779. The summed E-state index contributed by atoms with van der Waals surface area (Å²) < 4.78 is 0. The van der Waals surface area contributed by atoms with E-state index < -0.39 is 0 Å². The van der Waals surface area contributed by atoms with E-state index in [1.165, 1.54) is 11.1 Å². The maximum Gasteiger partial charge on any atom is 0.319 e. The Morgan fingerprint density at radius 1 is 1.26 bits per heavy atom. The third-order valence-corrected chi connectivity index (χ3v) is 4.37. The molecule has 1 aromatic rings. The largest absolute Gasteiger partial charge is 0.336 e. The topological polar surface area (TPSA) is 73.5 Å². The summed E-state index contributed by atoms with van der Waals surface area (Å²) in [7, 11) is 0. The van der Waals surface area contributed by atoms with Crippen LogP contribution in [0, 0.1) is 0 Å². The maximum atomic E-state index is 12.2. The lowest BCUT2D eigenvalue weighted by molar-refractivity contribution is -0.131. The first-order valence-electron chi connectivity index (χ1n) is 8.03. The fourth-order valence-corrected chi connectivity index (χ4v) is 3.18. The molecule has 2 heterocycles. The molecule has 1 saturated heterocycles. The van der Waals surface area contributed by atoms with Crippen LogP contribution in [0.4, 0.5) is 10.5 Å². The third-order valence-electron chi connectivity index (χ3n) is 4.37. The van der Waals surface area contributed by atoms with E-state index in [0.717, 1.165) is 18.8 Å². The number of carbonyl (C=O) groups excluding carboxylic acids is 2. The molecule has 23 heavy (non-hydrogen) atoms. The molecule has 6 heteroatoms. The minimum Gasteiger partial charge on any atom is -0.336 e. The van der Waals surface area contributed by atoms with Crippen LogP contribution in [-0.2, 0) is 17.9 Å². The minimum absolute atomic E-state index is 0.0893. The number of hydrogen-bond donors (Lipinski definition) is 3. The smallest absolute Gasteiger partial charge is 0.319 e. The van der Waals surface area contributed by atoms with Crippen LogP contribution in [0.3, 0.4) is 0 Å². The standard InChI is InChI=1S/C17H24N4O2/c1-17(2,3)21-10-14(7-15(21)22)20-16(23)19-13-5-4-11-8-18-9-12(11)6-13/h4-6,14,18H,7-10H2,1-3H3,(H2,19,20,23). The molecule has 0 saturated carbocycles. The van der Waals surface area contributed by atoms with Crippen molar-refractivity contribution >= 4 is 17.6 Å².